The van der Waals surface area contributed by atoms with Gasteiger partial charge in [-0.2, -0.15) is 0 Å². The van der Waals surface area contributed by atoms with Crippen LogP contribution in [0.3, 0.4) is 0 Å². The Morgan fingerprint density at radius 3 is 2.40 bits per heavy atom. The van der Waals surface area contributed by atoms with Crippen molar-refractivity contribution in [3.8, 4) is 11.1 Å². The van der Waals surface area contributed by atoms with E-state index in [0.29, 0.717) is 55.5 Å². The number of fused-ring (bicyclic) bond motifs is 2. The molecule has 5 aromatic rings. The van der Waals surface area contributed by atoms with Crippen LogP contribution in [0.25, 0.3) is 11.1 Å². The first-order chi connectivity index (χ1) is 31.6. The van der Waals surface area contributed by atoms with E-state index >= 15 is 8.78 Å². The van der Waals surface area contributed by atoms with Crippen molar-refractivity contribution in [1.82, 2.24) is 34.6 Å². The first-order valence-corrected chi connectivity index (χ1v) is 23.1. The van der Waals surface area contributed by atoms with Crippen LogP contribution in [-0.4, -0.2) is 111 Å². The molecule has 0 bridgehead atoms. The summed E-state index contributed by atoms with van der Waals surface area (Å²) in [7, 11) is 0. The average Bonchev–Trinajstić information content (AvgIpc) is 4.14. The van der Waals surface area contributed by atoms with Gasteiger partial charge >= 0.3 is 0 Å². The van der Waals surface area contributed by atoms with Gasteiger partial charge in [-0.25, -0.2) is 18.7 Å². The number of anilines is 3. The van der Waals surface area contributed by atoms with E-state index in [9.17, 15) is 24.0 Å². The van der Waals surface area contributed by atoms with Gasteiger partial charge in [-0.3, -0.25) is 39.5 Å². The lowest BCUT2D eigenvalue weighted by Crippen LogP contribution is -2.51. The Morgan fingerprint density at radius 1 is 0.862 bits per heavy atom. The second-order valence-corrected chi connectivity index (χ2v) is 18.3. The Balaban J connectivity index is 0.724. The number of aromatic nitrogens is 3. The SMILES string of the molecule is O=C1CCC(Nc2ccc(C3CCN(CC(=O)N4CCN(c5ccc(-c6cc(F)c7c(c6)C(=O)N(C(C(=O)Nc6nccs6)c6ncn8c6CCC8)C7)cc5)CC4)CC3)cc2F)C(=O)N1. The summed E-state index contributed by atoms with van der Waals surface area (Å²) >= 11 is 1.27. The summed E-state index contributed by atoms with van der Waals surface area (Å²) in [6.07, 6.45) is 7.05. The van der Waals surface area contributed by atoms with E-state index in [1.54, 1.807) is 30.0 Å². The summed E-state index contributed by atoms with van der Waals surface area (Å²) in [5.41, 5.74) is 5.27. The quantitative estimate of drug-likeness (QED) is 0.148. The van der Waals surface area contributed by atoms with Crippen molar-refractivity contribution in [3.05, 3.63) is 112 Å². The van der Waals surface area contributed by atoms with Crippen molar-refractivity contribution < 1.29 is 32.8 Å². The Kier molecular flexibility index (Phi) is 11.6. The molecule has 5 aliphatic heterocycles. The number of nitrogens with one attached hydrogen (secondary N) is 3. The molecule has 5 amide bonds. The number of carbonyl (C=O) groups is 5. The van der Waals surface area contributed by atoms with Crippen LogP contribution in [0.15, 0.2) is 72.5 Å². The van der Waals surface area contributed by atoms with Crippen molar-refractivity contribution in [2.75, 3.05) is 61.3 Å². The monoisotopic (exact) mass is 902 g/mol. The largest absolute Gasteiger partial charge is 0.371 e. The predicted molar refractivity (Wildman–Crippen MR) is 239 cm³/mol. The van der Waals surface area contributed by atoms with E-state index in [4.69, 9.17) is 0 Å². The van der Waals surface area contributed by atoms with Gasteiger partial charge in [0.15, 0.2) is 11.2 Å². The fraction of sp³-hybridized carbons (Fsp3) is 0.383. The number of halogens is 2. The lowest BCUT2D eigenvalue weighted by atomic mass is 9.89. The summed E-state index contributed by atoms with van der Waals surface area (Å²) in [6.45, 7) is 4.96. The summed E-state index contributed by atoms with van der Waals surface area (Å²) in [5.74, 6) is -2.36. The van der Waals surface area contributed by atoms with Crippen LogP contribution >= 0.6 is 11.3 Å². The lowest BCUT2D eigenvalue weighted by Gasteiger charge is -2.38. The van der Waals surface area contributed by atoms with Gasteiger partial charge in [0, 0.05) is 73.2 Å². The Morgan fingerprint density at radius 2 is 1.66 bits per heavy atom. The van der Waals surface area contributed by atoms with Gasteiger partial charge in [-0.05, 0) is 104 Å². The standard InChI is InChI=1S/C47H48F2N10O5S/c48-35-24-31(22-33-34(35)25-59(46(33)64)43(45(63)54-47-50-13-21-65-47)42-39-2-1-14-58(39)27-51-42)28-3-6-32(7-4-28)56-17-19-57(20-18-56)41(61)26-55-15-11-29(12-16-55)30-5-8-37(36(49)23-30)52-38-9-10-40(60)53-44(38)62/h3-8,13,21-24,27,29,38,43,52H,1-2,9-12,14-20,25-26H2,(H,50,54,63)(H,53,60,62). The molecule has 3 saturated heterocycles. The molecule has 3 aromatic carbocycles. The molecule has 3 N–H and O–H groups in total. The molecule has 5 aliphatic rings. The minimum Gasteiger partial charge on any atom is -0.371 e. The van der Waals surface area contributed by atoms with E-state index in [2.05, 4.69) is 35.7 Å². The van der Waals surface area contributed by atoms with Crippen molar-refractivity contribution in [2.45, 2.75) is 69.6 Å². The molecule has 0 saturated carbocycles. The molecule has 0 aliphatic carbocycles. The number of piperazine rings is 1. The van der Waals surface area contributed by atoms with Crippen LogP contribution in [0.1, 0.15) is 76.9 Å². The molecular weight excluding hydrogens is 855 g/mol. The molecule has 15 nitrogen and oxygen atoms in total. The highest BCUT2D eigenvalue weighted by atomic mass is 32.1. The lowest BCUT2D eigenvalue weighted by molar-refractivity contribution is -0.134. The normalized spacial score (nSPS) is 19.6. The summed E-state index contributed by atoms with van der Waals surface area (Å²) < 4.78 is 33.0. The molecule has 336 valence electrons. The third-order valence-electron chi connectivity index (χ3n) is 13.5. The number of hydrogen-bond acceptors (Lipinski definition) is 11. The molecule has 2 aromatic heterocycles. The molecule has 0 spiro atoms. The highest BCUT2D eigenvalue weighted by Gasteiger charge is 2.42. The van der Waals surface area contributed by atoms with Crippen molar-refractivity contribution in [2.24, 2.45) is 0 Å². The van der Waals surface area contributed by atoms with Gasteiger partial charge in [-0.1, -0.05) is 18.2 Å². The molecule has 18 heteroatoms. The zero-order valence-electron chi connectivity index (χ0n) is 35.6. The number of imidazole rings is 1. The fourth-order valence-electron chi connectivity index (χ4n) is 9.88. The van der Waals surface area contributed by atoms with Crippen LogP contribution in [0.5, 0.6) is 0 Å². The fourth-order valence-corrected chi connectivity index (χ4v) is 10.4. The van der Waals surface area contributed by atoms with E-state index in [0.717, 1.165) is 67.8 Å². The van der Waals surface area contributed by atoms with E-state index in [1.807, 2.05) is 39.8 Å². The van der Waals surface area contributed by atoms with Crippen molar-refractivity contribution in [3.63, 3.8) is 0 Å². The second kappa shape index (κ2) is 17.8. The van der Waals surface area contributed by atoms with Gasteiger partial charge in [0.2, 0.25) is 17.7 Å². The van der Waals surface area contributed by atoms with E-state index in [-0.39, 0.29) is 47.5 Å². The highest BCUT2D eigenvalue weighted by molar-refractivity contribution is 7.13. The minimum absolute atomic E-state index is 0.0673. The number of thiazole rings is 1. The van der Waals surface area contributed by atoms with Crippen LogP contribution in [0.2, 0.25) is 0 Å². The number of amides is 5. The van der Waals surface area contributed by atoms with E-state index < -0.39 is 41.4 Å². The number of hydrogen-bond donors (Lipinski definition) is 3. The molecule has 3 fully saturated rings. The molecule has 65 heavy (non-hydrogen) atoms. The number of aryl methyl sites for hydroxylation is 1. The summed E-state index contributed by atoms with van der Waals surface area (Å²) in [5, 5.41) is 10.2. The number of imide groups is 1. The Bertz CT molecular complexity index is 2660. The molecule has 10 rings (SSSR count). The second-order valence-electron chi connectivity index (χ2n) is 17.4. The third kappa shape index (κ3) is 8.59. The molecule has 0 radical (unpaired) electrons. The van der Waals surface area contributed by atoms with Crippen LogP contribution in [0.4, 0.5) is 25.3 Å². The van der Waals surface area contributed by atoms with Gasteiger partial charge in [0.05, 0.1) is 30.8 Å². The van der Waals surface area contributed by atoms with Crippen LogP contribution < -0.4 is 20.9 Å². The Hall–Kier alpha value is -6.53. The average molecular weight is 903 g/mol. The molecule has 2 atom stereocenters. The minimum atomic E-state index is -1.06. The van der Waals surface area contributed by atoms with Crippen molar-refractivity contribution >= 4 is 57.4 Å². The topological polar surface area (TPSA) is 165 Å². The smallest absolute Gasteiger partial charge is 0.255 e. The molecule has 2 unspecified atom stereocenters. The number of piperidine rings is 2. The maximum atomic E-state index is 15.9. The summed E-state index contributed by atoms with van der Waals surface area (Å²) in [6, 6.07) is 14.3. The van der Waals surface area contributed by atoms with Gasteiger partial charge in [0.25, 0.3) is 11.8 Å². The first kappa shape index (κ1) is 42.4. The zero-order chi connectivity index (χ0) is 44.8. The number of likely N-dealkylation sites (tertiary alicyclic amines) is 1. The zero-order valence-corrected chi connectivity index (χ0v) is 36.4. The number of rotatable bonds is 11. The molecular formula is C47H48F2N10O5S. The number of carbonyl (C=O) groups excluding carboxylic acids is 5. The van der Waals surface area contributed by atoms with Gasteiger partial charge < -0.3 is 24.6 Å². The summed E-state index contributed by atoms with van der Waals surface area (Å²) in [4.78, 5) is 81.5. The maximum absolute atomic E-state index is 15.9. The highest BCUT2D eigenvalue weighted by Crippen LogP contribution is 2.38. The van der Waals surface area contributed by atoms with Crippen LogP contribution in [-0.2, 0) is 38.7 Å². The van der Waals surface area contributed by atoms with Gasteiger partial charge in [-0.15, -0.1) is 11.3 Å². The molecule has 7 heterocycles. The Labute approximate surface area is 377 Å². The maximum Gasteiger partial charge on any atom is 0.255 e. The number of benzene rings is 3. The van der Waals surface area contributed by atoms with Crippen LogP contribution in [0, 0.1) is 11.6 Å². The van der Waals surface area contributed by atoms with E-state index in [1.165, 1.54) is 28.4 Å². The third-order valence-corrected chi connectivity index (χ3v) is 14.2. The predicted octanol–water partition coefficient (Wildman–Crippen LogP) is 5.31. The van der Waals surface area contributed by atoms with Crippen molar-refractivity contribution in [1.29, 1.82) is 0 Å². The first-order valence-electron chi connectivity index (χ1n) is 22.2. The van der Waals surface area contributed by atoms with Gasteiger partial charge in [0.1, 0.15) is 17.7 Å². The number of nitrogens with zero attached hydrogens (tertiary/aromatic N) is 7.